The first-order valence-electron chi connectivity index (χ1n) is 9.76. The maximum Gasteiger partial charge on any atom is 0.159 e. The Labute approximate surface area is 158 Å². The summed E-state index contributed by atoms with van der Waals surface area (Å²) in [6.07, 6.45) is 1.41. The van der Waals surface area contributed by atoms with Gasteiger partial charge in [-0.2, -0.15) is 0 Å². The predicted octanol–water partition coefficient (Wildman–Crippen LogP) is 5.49. The molecule has 3 nitrogen and oxygen atoms in total. The summed E-state index contributed by atoms with van der Waals surface area (Å²) in [6, 6.07) is 22.1. The van der Waals surface area contributed by atoms with E-state index in [4.69, 9.17) is 4.42 Å². The van der Waals surface area contributed by atoms with Crippen LogP contribution in [0.15, 0.2) is 65.1 Å². The number of para-hydroxylation sites is 2. The molecule has 1 fully saturated rings. The maximum atomic E-state index is 6.39. The van der Waals surface area contributed by atoms with Crippen molar-refractivity contribution in [3.63, 3.8) is 0 Å². The standard InChI is InChI=1S/C24H22N2O/c1-15-11-12-20-19-8-4-6-10-22(19)27-24(20)23(15)26-16(2)25-14-18(26)13-17-7-3-5-9-21(17)25/h3-12,16,18H,13-14H2,1-2H3. The molecular formula is C24H22N2O. The maximum absolute atomic E-state index is 6.39. The molecule has 0 saturated carbocycles. The van der Waals surface area contributed by atoms with Gasteiger partial charge in [0.1, 0.15) is 5.58 Å². The van der Waals surface area contributed by atoms with Crippen LogP contribution < -0.4 is 9.80 Å². The highest BCUT2D eigenvalue weighted by molar-refractivity contribution is 6.09. The quantitative estimate of drug-likeness (QED) is 0.450. The van der Waals surface area contributed by atoms with Crippen LogP contribution in [0.2, 0.25) is 0 Å². The van der Waals surface area contributed by atoms with Crippen LogP contribution >= 0.6 is 0 Å². The molecule has 2 aliphatic rings. The molecule has 3 heterocycles. The Hall–Kier alpha value is -2.94. The van der Waals surface area contributed by atoms with E-state index in [1.54, 1.807) is 0 Å². The van der Waals surface area contributed by atoms with Crippen molar-refractivity contribution < 1.29 is 4.42 Å². The lowest BCUT2D eigenvalue weighted by Crippen LogP contribution is -2.38. The fraction of sp³-hybridized carbons (Fsp3) is 0.250. The molecule has 6 rings (SSSR count). The fourth-order valence-electron chi connectivity index (χ4n) is 5.17. The second kappa shape index (κ2) is 5.29. The van der Waals surface area contributed by atoms with Gasteiger partial charge in [-0.1, -0.05) is 48.5 Å². The first kappa shape index (κ1) is 15.2. The minimum Gasteiger partial charge on any atom is -0.454 e. The Morgan fingerprint density at radius 2 is 1.74 bits per heavy atom. The summed E-state index contributed by atoms with van der Waals surface area (Å²) in [7, 11) is 0. The molecule has 3 heteroatoms. The van der Waals surface area contributed by atoms with Crippen LogP contribution in [0.4, 0.5) is 11.4 Å². The summed E-state index contributed by atoms with van der Waals surface area (Å²) in [6.45, 7) is 5.61. The van der Waals surface area contributed by atoms with Gasteiger partial charge in [-0.05, 0) is 43.5 Å². The summed E-state index contributed by atoms with van der Waals surface area (Å²) in [5.41, 5.74) is 7.39. The first-order chi connectivity index (χ1) is 13.2. The molecule has 0 N–H and O–H groups in total. The second-order valence-corrected chi connectivity index (χ2v) is 7.88. The topological polar surface area (TPSA) is 19.6 Å². The van der Waals surface area contributed by atoms with Crippen molar-refractivity contribution in [1.82, 2.24) is 0 Å². The Morgan fingerprint density at radius 1 is 0.926 bits per heavy atom. The molecule has 0 aliphatic carbocycles. The molecule has 0 amide bonds. The molecule has 1 saturated heterocycles. The smallest absolute Gasteiger partial charge is 0.159 e. The van der Waals surface area contributed by atoms with E-state index < -0.39 is 0 Å². The largest absolute Gasteiger partial charge is 0.454 e. The minimum absolute atomic E-state index is 0.316. The zero-order valence-electron chi connectivity index (χ0n) is 15.6. The number of furan rings is 1. The van der Waals surface area contributed by atoms with Crippen LogP contribution in [0.25, 0.3) is 21.9 Å². The predicted molar refractivity (Wildman–Crippen MR) is 112 cm³/mol. The molecule has 3 aromatic carbocycles. The number of rotatable bonds is 1. The minimum atomic E-state index is 0.316. The Bertz CT molecular complexity index is 1190. The van der Waals surface area contributed by atoms with Gasteiger partial charge in [0.2, 0.25) is 0 Å². The highest BCUT2D eigenvalue weighted by Crippen LogP contribution is 2.44. The first-order valence-corrected chi connectivity index (χ1v) is 9.76. The van der Waals surface area contributed by atoms with Gasteiger partial charge < -0.3 is 14.2 Å². The van der Waals surface area contributed by atoms with Crippen LogP contribution in [0.5, 0.6) is 0 Å². The summed E-state index contributed by atoms with van der Waals surface area (Å²) >= 11 is 0. The average molecular weight is 354 g/mol. The van der Waals surface area contributed by atoms with E-state index in [9.17, 15) is 0 Å². The zero-order chi connectivity index (χ0) is 18.1. The number of hydrogen-bond donors (Lipinski definition) is 0. The molecule has 4 aromatic rings. The van der Waals surface area contributed by atoms with Crippen molar-refractivity contribution in [3.8, 4) is 0 Å². The molecule has 2 bridgehead atoms. The third kappa shape index (κ3) is 1.97. The van der Waals surface area contributed by atoms with Gasteiger partial charge in [-0.15, -0.1) is 0 Å². The molecule has 1 aromatic heterocycles. The second-order valence-electron chi connectivity index (χ2n) is 7.88. The SMILES string of the molecule is Cc1ccc2c(oc3ccccc32)c1N1C2Cc3ccccc3N(C2)C1C. The van der Waals surface area contributed by atoms with Gasteiger partial charge >= 0.3 is 0 Å². The van der Waals surface area contributed by atoms with Crippen LogP contribution in [-0.4, -0.2) is 18.8 Å². The highest BCUT2D eigenvalue weighted by Gasteiger charge is 2.42. The summed E-state index contributed by atoms with van der Waals surface area (Å²) in [5, 5.41) is 2.42. The van der Waals surface area contributed by atoms with Crippen LogP contribution in [0.1, 0.15) is 18.1 Å². The molecule has 2 unspecified atom stereocenters. The van der Waals surface area contributed by atoms with E-state index in [0.717, 1.165) is 24.1 Å². The van der Waals surface area contributed by atoms with Gasteiger partial charge in [-0.3, -0.25) is 0 Å². The van der Waals surface area contributed by atoms with Crippen molar-refractivity contribution in [2.45, 2.75) is 32.5 Å². The van der Waals surface area contributed by atoms with E-state index in [2.05, 4.69) is 78.2 Å². The van der Waals surface area contributed by atoms with E-state index in [1.165, 1.54) is 33.3 Å². The zero-order valence-corrected chi connectivity index (χ0v) is 15.6. The van der Waals surface area contributed by atoms with Gasteiger partial charge in [0.05, 0.1) is 17.9 Å². The molecule has 134 valence electrons. The molecule has 0 spiro atoms. The summed E-state index contributed by atoms with van der Waals surface area (Å²) in [5.74, 6) is 0. The number of benzene rings is 3. The van der Waals surface area contributed by atoms with E-state index in [0.29, 0.717) is 12.2 Å². The summed E-state index contributed by atoms with van der Waals surface area (Å²) in [4.78, 5) is 5.14. The van der Waals surface area contributed by atoms with Gasteiger partial charge in [0, 0.05) is 23.0 Å². The van der Waals surface area contributed by atoms with Crippen LogP contribution in [0.3, 0.4) is 0 Å². The van der Waals surface area contributed by atoms with Crippen molar-refractivity contribution in [2.24, 2.45) is 0 Å². The number of fused-ring (bicyclic) bond motifs is 7. The Balaban J connectivity index is 1.58. The lowest BCUT2D eigenvalue weighted by atomic mass is 9.99. The number of aryl methyl sites for hydroxylation is 1. The van der Waals surface area contributed by atoms with Crippen molar-refractivity contribution in [2.75, 3.05) is 16.3 Å². The lowest BCUT2D eigenvalue weighted by Gasteiger charge is -2.30. The monoisotopic (exact) mass is 354 g/mol. The average Bonchev–Trinajstić information content (AvgIpc) is 3.18. The molecule has 2 aliphatic heterocycles. The van der Waals surface area contributed by atoms with Crippen molar-refractivity contribution in [3.05, 3.63) is 71.8 Å². The van der Waals surface area contributed by atoms with Crippen molar-refractivity contribution >= 4 is 33.3 Å². The van der Waals surface area contributed by atoms with Gasteiger partial charge in [-0.25, -0.2) is 0 Å². The molecule has 2 atom stereocenters. The third-order valence-corrected chi connectivity index (χ3v) is 6.39. The van der Waals surface area contributed by atoms with E-state index >= 15 is 0 Å². The molecular weight excluding hydrogens is 332 g/mol. The van der Waals surface area contributed by atoms with E-state index in [-0.39, 0.29) is 0 Å². The fourth-order valence-corrected chi connectivity index (χ4v) is 5.17. The lowest BCUT2D eigenvalue weighted by molar-refractivity contribution is 0.638. The molecule has 0 radical (unpaired) electrons. The Morgan fingerprint density at radius 3 is 2.67 bits per heavy atom. The van der Waals surface area contributed by atoms with Gasteiger partial charge in [0.15, 0.2) is 5.58 Å². The summed E-state index contributed by atoms with van der Waals surface area (Å²) < 4.78 is 6.39. The van der Waals surface area contributed by atoms with E-state index in [1.807, 2.05) is 6.07 Å². The van der Waals surface area contributed by atoms with Crippen LogP contribution in [0, 0.1) is 6.92 Å². The van der Waals surface area contributed by atoms with Gasteiger partial charge in [0.25, 0.3) is 0 Å². The Kier molecular flexibility index (Phi) is 2.97. The number of nitrogens with zero attached hydrogens (tertiary/aromatic N) is 2. The van der Waals surface area contributed by atoms with Crippen molar-refractivity contribution in [1.29, 1.82) is 0 Å². The molecule has 27 heavy (non-hydrogen) atoms. The third-order valence-electron chi connectivity index (χ3n) is 6.39. The number of hydrogen-bond acceptors (Lipinski definition) is 3. The number of anilines is 2. The highest BCUT2D eigenvalue weighted by atomic mass is 16.3. The van der Waals surface area contributed by atoms with Crippen LogP contribution in [-0.2, 0) is 6.42 Å². The normalized spacial score (nSPS) is 21.3.